The van der Waals surface area contributed by atoms with Crippen LogP contribution in [0.5, 0.6) is 0 Å². The minimum absolute atomic E-state index is 0.176. The lowest BCUT2D eigenvalue weighted by molar-refractivity contribution is 0.562. The lowest BCUT2D eigenvalue weighted by atomic mass is 10.1. The van der Waals surface area contributed by atoms with Crippen molar-refractivity contribution in [2.45, 2.75) is 25.8 Å². The zero-order valence-corrected chi connectivity index (χ0v) is 13.7. The molecule has 6 heteroatoms. The van der Waals surface area contributed by atoms with Crippen molar-refractivity contribution in [3.8, 4) is 0 Å². The number of benzene rings is 1. The number of rotatable bonds is 8. The van der Waals surface area contributed by atoms with Crippen LogP contribution in [0.25, 0.3) is 0 Å². The van der Waals surface area contributed by atoms with E-state index in [0.717, 1.165) is 23.0 Å². The summed E-state index contributed by atoms with van der Waals surface area (Å²) in [5, 5.41) is 3.01. The summed E-state index contributed by atoms with van der Waals surface area (Å²) in [4.78, 5) is 0. The van der Waals surface area contributed by atoms with Gasteiger partial charge in [-0.25, -0.2) is 13.1 Å². The Morgan fingerprint density at radius 2 is 1.84 bits per heavy atom. The average Bonchev–Trinajstić information content (AvgIpc) is 2.35. The second kappa shape index (κ2) is 7.99. The average molecular weight is 349 g/mol. The van der Waals surface area contributed by atoms with Crippen molar-refractivity contribution in [3.63, 3.8) is 0 Å². The van der Waals surface area contributed by atoms with E-state index in [9.17, 15) is 8.42 Å². The van der Waals surface area contributed by atoms with Gasteiger partial charge in [0.15, 0.2) is 0 Å². The predicted molar refractivity (Wildman–Crippen MR) is 82.6 cm³/mol. The summed E-state index contributed by atoms with van der Waals surface area (Å²) >= 11 is 3.36. The Morgan fingerprint density at radius 1 is 1.21 bits per heavy atom. The first kappa shape index (κ1) is 16.6. The fraction of sp³-hybridized carbons (Fsp3) is 0.538. The van der Waals surface area contributed by atoms with Gasteiger partial charge in [0.25, 0.3) is 0 Å². The van der Waals surface area contributed by atoms with Crippen LogP contribution in [0.3, 0.4) is 0 Å². The van der Waals surface area contributed by atoms with Crippen molar-refractivity contribution >= 4 is 26.0 Å². The molecule has 0 saturated heterocycles. The number of hydrogen-bond donors (Lipinski definition) is 2. The van der Waals surface area contributed by atoms with Crippen molar-refractivity contribution < 1.29 is 8.42 Å². The van der Waals surface area contributed by atoms with E-state index < -0.39 is 10.0 Å². The summed E-state index contributed by atoms with van der Waals surface area (Å²) in [7, 11) is -1.35. The van der Waals surface area contributed by atoms with Gasteiger partial charge in [-0.1, -0.05) is 28.1 Å². The molecule has 0 saturated carbocycles. The third kappa shape index (κ3) is 6.51. The summed E-state index contributed by atoms with van der Waals surface area (Å²) in [5.74, 6) is 0.176. The maximum Gasteiger partial charge on any atom is 0.212 e. The van der Waals surface area contributed by atoms with Crippen LogP contribution >= 0.6 is 15.9 Å². The molecule has 0 aliphatic heterocycles. The third-order valence-electron chi connectivity index (χ3n) is 2.82. The minimum Gasteiger partial charge on any atom is -0.320 e. The second-order valence-corrected chi connectivity index (χ2v) is 7.31. The molecule has 1 unspecified atom stereocenters. The van der Waals surface area contributed by atoms with E-state index in [2.05, 4.69) is 26.0 Å². The molecule has 108 valence electrons. The van der Waals surface area contributed by atoms with Gasteiger partial charge >= 0.3 is 0 Å². The highest BCUT2D eigenvalue weighted by Crippen LogP contribution is 2.17. The third-order valence-corrected chi connectivity index (χ3v) is 4.88. The quantitative estimate of drug-likeness (QED) is 0.709. The molecule has 1 rings (SSSR count). The van der Waals surface area contributed by atoms with Crippen molar-refractivity contribution in [2.75, 3.05) is 19.3 Å². The van der Waals surface area contributed by atoms with Gasteiger partial charge in [-0.15, -0.1) is 0 Å². The molecule has 0 heterocycles. The first-order chi connectivity index (χ1) is 8.94. The molecular formula is C13H21BrN2O2S. The Labute approximate surface area is 124 Å². The van der Waals surface area contributed by atoms with Gasteiger partial charge in [-0.2, -0.15) is 0 Å². The van der Waals surface area contributed by atoms with Gasteiger partial charge in [0, 0.05) is 10.5 Å². The van der Waals surface area contributed by atoms with Crippen molar-refractivity contribution in [2.24, 2.45) is 0 Å². The lowest BCUT2D eigenvalue weighted by Gasteiger charge is -2.14. The fourth-order valence-corrected chi connectivity index (χ4v) is 3.38. The molecule has 1 aromatic carbocycles. The van der Waals surface area contributed by atoms with Crippen LogP contribution < -0.4 is 10.0 Å². The second-order valence-electron chi connectivity index (χ2n) is 4.52. The normalized spacial score (nSPS) is 13.4. The van der Waals surface area contributed by atoms with Crippen LogP contribution in [0.1, 0.15) is 31.4 Å². The largest absolute Gasteiger partial charge is 0.320 e. The maximum absolute atomic E-state index is 11.9. The first-order valence-corrected chi connectivity index (χ1v) is 8.79. The topological polar surface area (TPSA) is 58.2 Å². The van der Waals surface area contributed by atoms with E-state index in [1.807, 2.05) is 38.2 Å². The number of hydrogen-bond acceptors (Lipinski definition) is 3. The zero-order chi connectivity index (χ0) is 14.3. The van der Waals surface area contributed by atoms with Crippen LogP contribution in [-0.4, -0.2) is 27.8 Å². The summed E-state index contributed by atoms with van der Waals surface area (Å²) in [6.45, 7) is 2.70. The van der Waals surface area contributed by atoms with E-state index in [-0.39, 0.29) is 11.8 Å². The van der Waals surface area contributed by atoms with E-state index >= 15 is 0 Å². The number of halogens is 1. The Balaban J connectivity index is 2.50. The van der Waals surface area contributed by atoms with Crippen LogP contribution in [0.2, 0.25) is 0 Å². The smallest absolute Gasteiger partial charge is 0.212 e. The molecule has 19 heavy (non-hydrogen) atoms. The molecule has 0 bridgehead atoms. The molecule has 0 spiro atoms. The lowest BCUT2D eigenvalue weighted by Crippen LogP contribution is -2.29. The molecule has 0 fully saturated rings. The molecule has 0 amide bonds. The van der Waals surface area contributed by atoms with Crippen LogP contribution in [0.15, 0.2) is 28.7 Å². The molecule has 0 aromatic heterocycles. The number of nitrogens with one attached hydrogen (secondary N) is 2. The van der Waals surface area contributed by atoms with Crippen LogP contribution in [-0.2, 0) is 10.0 Å². The first-order valence-electron chi connectivity index (χ1n) is 6.34. The van der Waals surface area contributed by atoms with Gasteiger partial charge in [0.1, 0.15) is 0 Å². The van der Waals surface area contributed by atoms with Crippen LogP contribution in [0.4, 0.5) is 0 Å². The van der Waals surface area contributed by atoms with Gasteiger partial charge < -0.3 is 5.32 Å². The SMILES string of the molecule is CNCCCCS(=O)(=O)NC(C)c1ccc(Br)cc1. The summed E-state index contributed by atoms with van der Waals surface area (Å²) in [6.07, 6.45) is 1.54. The summed E-state index contributed by atoms with van der Waals surface area (Å²) < 4.78 is 27.5. The zero-order valence-electron chi connectivity index (χ0n) is 11.3. The monoisotopic (exact) mass is 348 g/mol. The predicted octanol–water partition coefficient (Wildman–Crippen LogP) is 2.43. The van der Waals surface area contributed by atoms with Crippen molar-refractivity contribution in [1.29, 1.82) is 0 Å². The Bertz CT molecular complexity index is 474. The molecule has 2 N–H and O–H groups in total. The van der Waals surface area contributed by atoms with Gasteiger partial charge in [-0.3, -0.25) is 0 Å². The highest BCUT2D eigenvalue weighted by atomic mass is 79.9. The van der Waals surface area contributed by atoms with Crippen molar-refractivity contribution in [1.82, 2.24) is 10.0 Å². The fourth-order valence-electron chi connectivity index (χ4n) is 1.74. The van der Waals surface area contributed by atoms with Crippen molar-refractivity contribution in [3.05, 3.63) is 34.3 Å². The summed E-state index contributed by atoms with van der Waals surface area (Å²) in [5.41, 5.74) is 0.960. The Kier molecular flexibility index (Phi) is 6.99. The van der Waals surface area contributed by atoms with Gasteiger partial charge in [0.2, 0.25) is 10.0 Å². The number of sulfonamides is 1. The summed E-state index contributed by atoms with van der Waals surface area (Å²) in [6, 6.07) is 7.44. The standard InChI is InChI=1S/C13H21BrN2O2S/c1-11(12-5-7-13(14)8-6-12)16-19(17,18)10-4-3-9-15-2/h5-8,11,15-16H,3-4,9-10H2,1-2H3. The van der Waals surface area contributed by atoms with E-state index in [0.29, 0.717) is 6.42 Å². The highest BCUT2D eigenvalue weighted by molar-refractivity contribution is 9.10. The molecule has 1 atom stereocenters. The van der Waals surface area contributed by atoms with E-state index in [1.54, 1.807) is 0 Å². The molecule has 0 aliphatic carbocycles. The Morgan fingerprint density at radius 3 is 2.42 bits per heavy atom. The molecule has 0 aliphatic rings. The number of unbranched alkanes of at least 4 members (excludes halogenated alkanes) is 1. The molecule has 0 radical (unpaired) electrons. The molecule has 1 aromatic rings. The van der Waals surface area contributed by atoms with Gasteiger partial charge in [-0.05, 0) is 51.1 Å². The Hall–Kier alpha value is -0.430. The van der Waals surface area contributed by atoms with Crippen LogP contribution in [0, 0.1) is 0 Å². The minimum atomic E-state index is -3.21. The molecular weight excluding hydrogens is 328 g/mol. The highest BCUT2D eigenvalue weighted by Gasteiger charge is 2.15. The maximum atomic E-state index is 11.9. The van der Waals surface area contributed by atoms with Gasteiger partial charge in [0.05, 0.1) is 5.75 Å². The molecule has 4 nitrogen and oxygen atoms in total. The van der Waals surface area contributed by atoms with E-state index in [4.69, 9.17) is 0 Å². The van der Waals surface area contributed by atoms with E-state index in [1.165, 1.54) is 0 Å².